The van der Waals surface area contributed by atoms with Crippen LogP contribution >= 0.6 is 0 Å². The van der Waals surface area contributed by atoms with Gasteiger partial charge in [0.2, 0.25) is 0 Å². The number of allylic oxidation sites excluding steroid dienone is 2. The lowest BCUT2D eigenvalue weighted by Crippen LogP contribution is -2.69. The molecule has 228 valence electrons. The number of aryl methyl sites for hydroxylation is 1. The number of carbonyl (C=O) groups is 2. The van der Waals surface area contributed by atoms with Gasteiger partial charge in [-0.3, -0.25) is 9.59 Å². The van der Waals surface area contributed by atoms with Gasteiger partial charge < -0.3 is 9.84 Å². The second-order valence-corrected chi connectivity index (χ2v) is 17.1. The van der Waals surface area contributed by atoms with Gasteiger partial charge in [0.05, 0.1) is 11.3 Å². The molecule has 1 unspecified atom stereocenters. The van der Waals surface area contributed by atoms with Crippen LogP contribution in [0.4, 0.5) is 0 Å². The van der Waals surface area contributed by atoms with Crippen molar-refractivity contribution >= 4 is 11.6 Å². The van der Waals surface area contributed by atoms with Crippen molar-refractivity contribution in [1.29, 1.82) is 5.26 Å². The van der Waals surface area contributed by atoms with Crippen LogP contribution in [0, 0.1) is 74.4 Å². The fourth-order valence-electron chi connectivity index (χ4n) is 11.7. The molecular weight excluding hydrogens is 522 g/mol. The fourth-order valence-corrected chi connectivity index (χ4v) is 11.7. The van der Waals surface area contributed by atoms with Gasteiger partial charge in [0, 0.05) is 36.9 Å². The number of ketones is 2. The number of nitriles is 1. The van der Waals surface area contributed by atoms with Crippen LogP contribution in [0.2, 0.25) is 0 Å². The van der Waals surface area contributed by atoms with Crippen LogP contribution in [0.15, 0.2) is 22.2 Å². The fraction of sp³-hybridized carbons (Fsp3) is 0.778. The van der Waals surface area contributed by atoms with E-state index in [4.69, 9.17) is 4.52 Å². The zero-order valence-corrected chi connectivity index (χ0v) is 27.2. The van der Waals surface area contributed by atoms with Crippen molar-refractivity contribution in [2.24, 2.45) is 56.2 Å². The Morgan fingerprint density at radius 3 is 2.38 bits per heavy atom. The topological polar surface area (TPSA) is 96.0 Å². The third-order valence-electron chi connectivity index (χ3n) is 14.1. The molecule has 42 heavy (non-hydrogen) atoms. The molecule has 8 atom stereocenters. The predicted molar refractivity (Wildman–Crippen MR) is 162 cm³/mol. The predicted octanol–water partition coefficient (Wildman–Crippen LogP) is 7.37. The highest BCUT2D eigenvalue weighted by atomic mass is 16.5. The van der Waals surface area contributed by atoms with E-state index in [0.717, 1.165) is 56.5 Å². The van der Waals surface area contributed by atoms with Crippen LogP contribution in [-0.4, -0.2) is 23.3 Å². The Hall–Kier alpha value is -2.26. The maximum absolute atomic E-state index is 14.7. The van der Waals surface area contributed by atoms with E-state index in [-0.39, 0.29) is 50.6 Å². The monoisotopic (exact) mass is 573 g/mol. The number of nitrogens with zero attached hydrogens (tertiary/aromatic N) is 2. The summed E-state index contributed by atoms with van der Waals surface area (Å²) in [5, 5.41) is 17.9. The van der Waals surface area contributed by atoms with Gasteiger partial charge >= 0.3 is 0 Å². The Balaban J connectivity index is 1.37. The average Bonchev–Trinajstić information content (AvgIpc) is 3.33. The van der Waals surface area contributed by atoms with Crippen LogP contribution in [0.1, 0.15) is 111 Å². The second kappa shape index (κ2) is 9.37. The molecule has 1 heterocycles. The van der Waals surface area contributed by atoms with Gasteiger partial charge in [-0.05, 0) is 96.7 Å². The van der Waals surface area contributed by atoms with Gasteiger partial charge in [-0.15, -0.1) is 0 Å². The molecule has 1 aromatic heterocycles. The maximum atomic E-state index is 14.7. The lowest BCUT2D eigenvalue weighted by atomic mass is 9.31. The van der Waals surface area contributed by atoms with E-state index in [1.165, 1.54) is 6.42 Å². The molecule has 4 saturated carbocycles. The van der Waals surface area contributed by atoms with Gasteiger partial charge in [0.25, 0.3) is 0 Å². The first-order chi connectivity index (χ1) is 19.5. The highest BCUT2D eigenvalue weighted by Crippen LogP contribution is 2.75. The first-order valence-electron chi connectivity index (χ1n) is 16.4. The third-order valence-corrected chi connectivity index (χ3v) is 14.1. The molecule has 5 aliphatic rings. The van der Waals surface area contributed by atoms with E-state index in [1.807, 2.05) is 32.9 Å². The molecule has 0 amide bonds. The number of nitrogens with one attached hydrogen (secondary N) is 1. The smallest absolute Gasteiger partial charge is 0.178 e. The van der Waals surface area contributed by atoms with Gasteiger partial charge in [0.1, 0.15) is 17.6 Å². The molecule has 6 rings (SSSR count). The molecule has 0 saturated heterocycles. The molecule has 1 aromatic rings. The van der Waals surface area contributed by atoms with E-state index < -0.39 is 5.41 Å². The number of aromatic nitrogens is 1. The molecule has 0 spiro atoms. The highest BCUT2D eigenvalue weighted by molar-refractivity contribution is 6.04. The van der Waals surface area contributed by atoms with Crippen molar-refractivity contribution in [3.05, 3.63) is 29.2 Å². The Bertz CT molecular complexity index is 1380. The Morgan fingerprint density at radius 1 is 1.00 bits per heavy atom. The van der Waals surface area contributed by atoms with Crippen LogP contribution in [0.25, 0.3) is 0 Å². The Kier molecular flexibility index (Phi) is 6.65. The molecule has 6 nitrogen and oxygen atoms in total. The van der Waals surface area contributed by atoms with Crippen molar-refractivity contribution in [2.75, 3.05) is 6.54 Å². The summed E-state index contributed by atoms with van der Waals surface area (Å²) in [6.45, 7) is 19.6. The largest absolute Gasteiger partial charge is 0.361 e. The number of hydrogen-bond donors (Lipinski definition) is 1. The van der Waals surface area contributed by atoms with E-state index in [2.05, 4.69) is 51.2 Å². The summed E-state index contributed by atoms with van der Waals surface area (Å²) in [7, 11) is 0. The van der Waals surface area contributed by atoms with Gasteiger partial charge in [-0.2, -0.15) is 5.26 Å². The van der Waals surface area contributed by atoms with Crippen LogP contribution in [-0.2, 0) is 16.1 Å². The second-order valence-electron chi connectivity index (χ2n) is 17.1. The average molecular weight is 574 g/mol. The van der Waals surface area contributed by atoms with Crippen LogP contribution in [0.3, 0.4) is 0 Å². The van der Waals surface area contributed by atoms with Crippen LogP contribution < -0.4 is 5.32 Å². The summed E-state index contributed by atoms with van der Waals surface area (Å²) in [6, 6.07) is 4.24. The minimum atomic E-state index is -0.597. The normalized spacial score (nSPS) is 43.7. The van der Waals surface area contributed by atoms with E-state index >= 15 is 0 Å². The molecule has 0 aromatic carbocycles. The summed E-state index contributed by atoms with van der Waals surface area (Å²) in [6.07, 6.45) is 10.2. The first-order valence-corrected chi connectivity index (χ1v) is 16.4. The minimum absolute atomic E-state index is 0.0255. The molecule has 0 aliphatic heterocycles. The number of carbonyl (C=O) groups excluding carboxylic acids is 2. The summed E-state index contributed by atoms with van der Waals surface area (Å²) in [5.41, 5.74) is 0.456. The number of fused-ring (bicyclic) bond motifs is 7. The van der Waals surface area contributed by atoms with E-state index in [0.29, 0.717) is 30.2 Å². The molecule has 1 N–H and O–H groups in total. The van der Waals surface area contributed by atoms with Crippen molar-refractivity contribution in [3.8, 4) is 6.07 Å². The quantitative estimate of drug-likeness (QED) is 0.404. The summed E-state index contributed by atoms with van der Waals surface area (Å²) < 4.78 is 5.30. The number of hydrogen-bond acceptors (Lipinski definition) is 6. The van der Waals surface area contributed by atoms with Crippen molar-refractivity contribution in [3.63, 3.8) is 0 Å². The minimum Gasteiger partial charge on any atom is -0.361 e. The summed E-state index contributed by atoms with van der Waals surface area (Å²) in [5.74, 6) is 1.90. The number of rotatable bonds is 4. The van der Waals surface area contributed by atoms with E-state index in [9.17, 15) is 14.9 Å². The summed E-state index contributed by atoms with van der Waals surface area (Å²) in [4.78, 5) is 28.1. The molecule has 4 fully saturated rings. The maximum Gasteiger partial charge on any atom is 0.178 e. The lowest BCUT2D eigenvalue weighted by molar-refractivity contribution is -0.222. The zero-order valence-electron chi connectivity index (χ0n) is 27.2. The SMILES string of the molecule is Cc1cc(CNC[C@]23CCC(C)(C)C[C@@H]2C2C(=O)C[C@@H]4[C@@]5(C)C=C(C#N)C(=O)C(C)(C)[C@@H]5CC[C@@]4(C)[C@]2(C)CC3)no1. The highest BCUT2D eigenvalue weighted by Gasteiger charge is 2.72. The molecule has 5 aliphatic carbocycles. The number of Topliss-reactive ketones (excluding diaryl/α,β-unsaturated/α-hetero) is 2. The standard InChI is InChI=1S/C36H51N3O3/c1-22-15-24(39-42-22)20-38-21-36-13-11-31(2,3)18-25(36)29-26(40)16-28-33(6)17-23(19-37)30(41)32(4,5)27(33)9-10-34(28,7)35(29,8)12-14-36/h15,17,25,27-29,38H,9-14,16,18,20-21H2,1-8H3/t25-,27+,28-,29?,33+,34-,35-,36-/m1/s1. The Labute approximate surface area is 252 Å². The first kappa shape index (κ1) is 29.8. The van der Waals surface area contributed by atoms with Gasteiger partial charge in [-0.25, -0.2) is 0 Å². The van der Waals surface area contributed by atoms with Gasteiger partial charge in [-0.1, -0.05) is 59.7 Å². The Morgan fingerprint density at radius 2 is 1.71 bits per heavy atom. The molecule has 0 bridgehead atoms. The molecular formula is C36H51N3O3. The molecule has 0 radical (unpaired) electrons. The molecule has 6 heteroatoms. The van der Waals surface area contributed by atoms with Crippen molar-refractivity contribution in [2.45, 2.75) is 113 Å². The van der Waals surface area contributed by atoms with Gasteiger partial charge in [0.15, 0.2) is 5.78 Å². The summed E-state index contributed by atoms with van der Waals surface area (Å²) >= 11 is 0. The van der Waals surface area contributed by atoms with Crippen molar-refractivity contribution in [1.82, 2.24) is 10.5 Å². The zero-order chi connectivity index (χ0) is 30.5. The van der Waals surface area contributed by atoms with E-state index in [1.54, 1.807) is 0 Å². The third kappa shape index (κ3) is 4.01. The van der Waals surface area contributed by atoms with Crippen molar-refractivity contribution < 1.29 is 14.1 Å². The lowest BCUT2D eigenvalue weighted by Gasteiger charge is -2.72. The van der Waals surface area contributed by atoms with Crippen LogP contribution in [0.5, 0.6) is 0 Å².